The molecule has 0 spiro atoms. The van der Waals surface area contributed by atoms with Crippen molar-refractivity contribution in [3.8, 4) is 23.3 Å². The Labute approximate surface area is 195 Å². The second-order valence-electron chi connectivity index (χ2n) is 6.17. The number of carbonyl (C=O) groups excluding carboxylic acids is 2. The number of hydrogen-bond donors (Lipinski definition) is 0. The van der Waals surface area contributed by atoms with Gasteiger partial charge in [0.2, 0.25) is 0 Å². The third kappa shape index (κ3) is 7.00. The van der Waals surface area contributed by atoms with Gasteiger partial charge in [0.15, 0.2) is 11.5 Å². The maximum absolute atomic E-state index is 12.3. The van der Waals surface area contributed by atoms with Crippen LogP contribution in [0.4, 0.5) is 0 Å². The summed E-state index contributed by atoms with van der Waals surface area (Å²) in [4.78, 5) is 24.1. The minimum absolute atomic E-state index is 0.152. The molecule has 0 aliphatic rings. The van der Waals surface area contributed by atoms with Crippen LogP contribution in [-0.2, 0) is 14.3 Å². The Balaban J connectivity index is 2.20. The first-order valence-corrected chi connectivity index (χ1v) is 10.5. The number of hydrogen-bond acceptors (Lipinski definition) is 7. The van der Waals surface area contributed by atoms with Gasteiger partial charge in [-0.15, -0.1) is 0 Å². The Kier molecular flexibility index (Phi) is 9.51. The van der Waals surface area contributed by atoms with E-state index in [0.717, 1.165) is 4.47 Å². The highest BCUT2D eigenvalue weighted by molar-refractivity contribution is 9.10. The van der Waals surface area contributed by atoms with E-state index in [9.17, 15) is 9.59 Å². The third-order valence-electron chi connectivity index (χ3n) is 4.00. The Morgan fingerprint density at radius 2 is 1.81 bits per heavy atom. The van der Waals surface area contributed by atoms with E-state index in [1.54, 1.807) is 37.3 Å². The number of ether oxygens (including phenoxy) is 4. The zero-order chi connectivity index (χ0) is 23.5. The number of nitrogens with zero attached hydrogens (tertiary/aromatic N) is 1. The molecule has 0 bridgehead atoms. The van der Waals surface area contributed by atoms with Crippen LogP contribution in [0, 0.1) is 11.3 Å². The number of rotatable bonds is 9. The average Bonchev–Trinajstić information content (AvgIpc) is 2.78. The lowest BCUT2D eigenvalue weighted by Crippen LogP contribution is -2.06. The van der Waals surface area contributed by atoms with Crippen LogP contribution in [0.1, 0.15) is 25.0 Å². The standard InChI is InChI=1S/C24H22BrNO6/c1-4-30-20-10-8-19(25)14-17(20)7-11-23(27)32-21-9-6-16(13-22(21)29-3)12-18(15-26)24(28)31-5-2/h6-14H,4-5H2,1-3H3/b11-7+,18-12+. The maximum atomic E-state index is 12.3. The summed E-state index contributed by atoms with van der Waals surface area (Å²) in [5.41, 5.74) is 1.08. The summed E-state index contributed by atoms with van der Waals surface area (Å²) in [6.07, 6.45) is 4.25. The molecule has 32 heavy (non-hydrogen) atoms. The third-order valence-corrected chi connectivity index (χ3v) is 4.49. The highest BCUT2D eigenvalue weighted by Gasteiger charge is 2.13. The summed E-state index contributed by atoms with van der Waals surface area (Å²) in [5.74, 6) is -0.234. The van der Waals surface area contributed by atoms with E-state index in [0.29, 0.717) is 23.5 Å². The van der Waals surface area contributed by atoms with Crippen LogP contribution < -0.4 is 14.2 Å². The molecular weight excluding hydrogens is 478 g/mol. The van der Waals surface area contributed by atoms with Gasteiger partial charge in [-0.2, -0.15) is 5.26 Å². The van der Waals surface area contributed by atoms with E-state index in [1.807, 2.05) is 19.1 Å². The molecule has 0 unspecified atom stereocenters. The van der Waals surface area contributed by atoms with Crippen LogP contribution in [0.5, 0.6) is 17.2 Å². The van der Waals surface area contributed by atoms with Gasteiger partial charge in [0.1, 0.15) is 17.4 Å². The number of halogens is 1. The molecule has 0 heterocycles. The van der Waals surface area contributed by atoms with Crippen molar-refractivity contribution in [3.63, 3.8) is 0 Å². The molecule has 8 heteroatoms. The number of esters is 2. The molecule has 2 aromatic rings. The summed E-state index contributed by atoms with van der Waals surface area (Å²) in [5, 5.41) is 9.17. The minimum atomic E-state index is -0.714. The quantitative estimate of drug-likeness (QED) is 0.208. The van der Waals surface area contributed by atoms with Crippen LogP contribution in [0.15, 0.2) is 52.5 Å². The predicted molar refractivity (Wildman–Crippen MR) is 123 cm³/mol. The van der Waals surface area contributed by atoms with Crippen molar-refractivity contribution in [2.75, 3.05) is 20.3 Å². The largest absolute Gasteiger partial charge is 0.493 e. The van der Waals surface area contributed by atoms with Crippen molar-refractivity contribution in [1.29, 1.82) is 5.26 Å². The molecule has 7 nitrogen and oxygen atoms in total. The maximum Gasteiger partial charge on any atom is 0.348 e. The molecule has 0 radical (unpaired) electrons. The fraction of sp³-hybridized carbons (Fsp3) is 0.208. The van der Waals surface area contributed by atoms with Crippen LogP contribution in [0.2, 0.25) is 0 Å². The van der Waals surface area contributed by atoms with E-state index in [4.69, 9.17) is 24.2 Å². The number of carbonyl (C=O) groups is 2. The van der Waals surface area contributed by atoms with Gasteiger partial charge in [-0.25, -0.2) is 9.59 Å². The lowest BCUT2D eigenvalue weighted by molar-refractivity contribution is -0.138. The van der Waals surface area contributed by atoms with Crippen molar-refractivity contribution in [2.24, 2.45) is 0 Å². The predicted octanol–water partition coefficient (Wildman–Crippen LogP) is 4.95. The highest BCUT2D eigenvalue weighted by Crippen LogP contribution is 2.30. The second-order valence-corrected chi connectivity index (χ2v) is 7.09. The molecule has 0 aliphatic carbocycles. The Morgan fingerprint density at radius 1 is 1.06 bits per heavy atom. The Bertz CT molecular complexity index is 1080. The zero-order valence-corrected chi connectivity index (χ0v) is 19.5. The van der Waals surface area contributed by atoms with Gasteiger partial charge in [0.25, 0.3) is 0 Å². The number of nitriles is 1. The van der Waals surface area contributed by atoms with Crippen LogP contribution in [0.25, 0.3) is 12.2 Å². The summed E-state index contributed by atoms with van der Waals surface area (Å²) in [6.45, 7) is 4.19. The minimum Gasteiger partial charge on any atom is -0.493 e. The van der Waals surface area contributed by atoms with E-state index >= 15 is 0 Å². The van der Waals surface area contributed by atoms with Gasteiger partial charge in [0.05, 0.1) is 20.3 Å². The summed E-state index contributed by atoms with van der Waals surface area (Å²) in [7, 11) is 1.42. The molecule has 166 valence electrons. The lowest BCUT2D eigenvalue weighted by Gasteiger charge is -2.09. The van der Waals surface area contributed by atoms with E-state index in [-0.39, 0.29) is 23.7 Å². The molecule has 0 amide bonds. The first kappa shape index (κ1) is 24.7. The first-order chi connectivity index (χ1) is 15.4. The fourth-order valence-corrected chi connectivity index (χ4v) is 2.99. The monoisotopic (exact) mass is 499 g/mol. The van der Waals surface area contributed by atoms with Gasteiger partial charge in [-0.3, -0.25) is 0 Å². The summed E-state index contributed by atoms with van der Waals surface area (Å²) < 4.78 is 21.9. The van der Waals surface area contributed by atoms with Crippen molar-refractivity contribution >= 4 is 40.0 Å². The molecule has 0 atom stereocenters. The molecule has 0 fully saturated rings. The van der Waals surface area contributed by atoms with Gasteiger partial charge in [-0.05, 0) is 61.9 Å². The van der Waals surface area contributed by atoms with Gasteiger partial charge < -0.3 is 18.9 Å². The molecule has 0 saturated carbocycles. The van der Waals surface area contributed by atoms with E-state index in [1.165, 1.54) is 25.3 Å². The normalized spacial score (nSPS) is 11.0. The van der Waals surface area contributed by atoms with Crippen molar-refractivity contribution in [3.05, 3.63) is 63.6 Å². The Morgan fingerprint density at radius 3 is 2.47 bits per heavy atom. The van der Waals surface area contributed by atoms with Crippen molar-refractivity contribution in [1.82, 2.24) is 0 Å². The molecular formula is C24H22BrNO6. The molecule has 0 saturated heterocycles. The van der Waals surface area contributed by atoms with E-state index in [2.05, 4.69) is 15.9 Å². The molecule has 2 rings (SSSR count). The molecule has 0 aliphatic heterocycles. The Hall–Kier alpha value is -3.57. The van der Waals surface area contributed by atoms with Gasteiger partial charge >= 0.3 is 11.9 Å². The first-order valence-electron chi connectivity index (χ1n) is 9.71. The van der Waals surface area contributed by atoms with E-state index < -0.39 is 11.9 Å². The molecule has 0 aromatic heterocycles. The van der Waals surface area contributed by atoms with Crippen LogP contribution in [0.3, 0.4) is 0 Å². The summed E-state index contributed by atoms with van der Waals surface area (Å²) in [6, 6.07) is 11.9. The number of methoxy groups -OCH3 is 1. The lowest BCUT2D eigenvalue weighted by atomic mass is 10.1. The molecule has 0 N–H and O–H groups in total. The van der Waals surface area contributed by atoms with Crippen LogP contribution in [-0.4, -0.2) is 32.3 Å². The average molecular weight is 500 g/mol. The molecule has 2 aromatic carbocycles. The van der Waals surface area contributed by atoms with Crippen molar-refractivity contribution < 1.29 is 28.5 Å². The zero-order valence-electron chi connectivity index (χ0n) is 17.9. The topological polar surface area (TPSA) is 94.9 Å². The smallest absolute Gasteiger partial charge is 0.348 e. The number of benzene rings is 2. The van der Waals surface area contributed by atoms with Crippen molar-refractivity contribution in [2.45, 2.75) is 13.8 Å². The second kappa shape index (κ2) is 12.3. The SMILES string of the molecule is CCOC(=O)/C(C#N)=C/c1ccc(OC(=O)/C=C/c2cc(Br)ccc2OCC)c(OC)c1. The summed E-state index contributed by atoms with van der Waals surface area (Å²) >= 11 is 3.40. The van der Waals surface area contributed by atoms with Crippen LogP contribution >= 0.6 is 15.9 Å². The fourth-order valence-electron chi connectivity index (χ4n) is 2.61. The van der Waals surface area contributed by atoms with Gasteiger partial charge in [0, 0.05) is 16.1 Å². The highest BCUT2D eigenvalue weighted by atomic mass is 79.9. The van der Waals surface area contributed by atoms with Gasteiger partial charge in [-0.1, -0.05) is 22.0 Å².